The average molecular weight is 367 g/mol. The van der Waals surface area contributed by atoms with E-state index in [1.165, 1.54) is 24.2 Å². The molecule has 1 saturated heterocycles. The summed E-state index contributed by atoms with van der Waals surface area (Å²) in [5.74, 6) is 1.46. The molecule has 3 heterocycles. The largest absolute Gasteiger partial charge is 0.383 e. The Labute approximate surface area is 158 Å². The summed E-state index contributed by atoms with van der Waals surface area (Å²) in [4.78, 5) is 23.5. The number of nitrogens with two attached hydrogens (primary N) is 1. The summed E-state index contributed by atoms with van der Waals surface area (Å²) >= 11 is 0. The van der Waals surface area contributed by atoms with Crippen molar-refractivity contribution in [3.05, 3.63) is 29.0 Å². The van der Waals surface area contributed by atoms with E-state index in [2.05, 4.69) is 25.0 Å². The SMILES string of the molecule is Nc1nc(C2CC2)ncc1C(=O)N1CCC(n2nnc3c2CCCC3)CC1. The quantitative estimate of drug-likeness (QED) is 0.888. The van der Waals surface area contributed by atoms with E-state index in [0.29, 0.717) is 36.4 Å². The van der Waals surface area contributed by atoms with Crippen molar-refractivity contribution in [1.82, 2.24) is 29.9 Å². The van der Waals surface area contributed by atoms with Crippen LogP contribution in [0.2, 0.25) is 0 Å². The maximum absolute atomic E-state index is 12.9. The molecule has 0 aromatic carbocycles. The fraction of sp³-hybridized carbons (Fsp3) is 0.632. The molecule has 3 aliphatic rings. The molecule has 8 nitrogen and oxygen atoms in total. The van der Waals surface area contributed by atoms with Crippen LogP contribution in [-0.4, -0.2) is 48.9 Å². The van der Waals surface area contributed by atoms with Gasteiger partial charge in [-0.3, -0.25) is 4.79 Å². The van der Waals surface area contributed by atoms with E-state index in [-0.39, 0.29) is 5.91 Å². The summed E-state index contributed by atoms with van der Waals surface area (Å²) in [6.45, 7) is 1.39. The van der Waals surface area contributed by atoms with Crippen LogP contribution in [0.3, 0.4) is 0 Å². The van der Waals surface area contributed by atoms with Crippen molar-refractivity contribution < 1.29 is 4.79 Å². The normalized spacial score (nSPS) is 20.5. The molecule has 2 N–H and O–H groups in total. The van der Waals surface area contributed by atoms with Crippen LogP contribution in [0.5, 0.6) is 0 Å². The predicted octanol–water partition coefficient (Wildman–Crippen LogP) is 1.88. The number of nitrogens with zero attached hydrogens (tertiary/aromatic N) is 6. The monoisotopic (exact) mass is 367 g/mol. The zero-order valence-corrected chi connectivity index (χ0v) is 15.5. The molecular formula is C19H25N7O. The highest BCUT2D eigenvalue weighted by molar-refractivity contribution is 5.98. The minimum Gasteiger partial charge on any atom is -0.383 e. The fourth-order valence-corrected chi connectivity index (χ4v) is 4.27. The van der Waals surface area contributed by atoms with Crippen LogP contribution in [0.25, 0.3) is 0 Å². The summed E-state index contributed by atoms with van der Waals surface area (Å²) in [5, 5.41) is 8.79. The Kier molecular flexibility index (Phi) is 4.06. The molecule has 27 heavy (non-hydrogen) atoms. The van der Waals surface area contributed by atoms with Gasteiger partial charge in [0.15, 0.2) is 0 Å². The highest BCUT2D eigenvalue weighted by Gasteiger charge is 2.31. The lowest BCUT2D eigenvalue weighted by molar-refractivity contribution is 0.0688. The lowest BCUT2D eigenvalue weighted by atomic mass is 9.99. The molecule has 1 amide bonds. The Morgan fingerprint density at radius 2 is 1.89 bits per heavy atom. The number of aryl methyl sites for hydroxylation is 1. The highest BCUT2D eigenvalue weighted by Crippen LogP contribution is 2.38. The van der Waals surface area contributed by atoms with Crippen molar-refractivity contribution in [3.8, 4) is 0 Å². The predicted molar refractivity (Wildman–Crippen MR) is 99.3 cm³/mol. The number of hydrogen-bond donors (Lipinski definition) is 1. The van der Waals surface area contributed by atoms with Gasteiger partial charge in [-0.25, -0.2) is 14.6 Å². The Bertz CT molecular complexity index is 865. The first-order valence-corrected chi connectivity index (χ1v) is 10.1. The molecule has 8 heteroatoms. The van der Waals surface area contributed by atoms with E-state index >= 15 is 0 Å². The van der Waals surface area contributed by atoms with E-state index in [1.807, 2.05) is 4.90 Å². The van der Waals surface area contributed by atoms with E-state index in [9.17, 15) is 4.79 Å². The van der Waals surface area contributed by atoms with E-state index in [0.717, 1.165) is 44.3 Å². The van der Waals surface area contributed by atoms with E-state index < -0.39 is 0 Å². The summed E-state index contributed by atoms with van der Waals surface area (Å²) < 4.78 is 2.12. The van der Waals surface area contributed by atoms with Gasteiger partial charge in [0.05, 0.1) is 17.4 Å². The number of rotatable bonds is 3. The Morgan fingerprint density at radius 1 is 1.11 bits per heavy atom. The maximum atomic E-state index is 12.9. The molecule has 5 rings (SSSR count). The second-order valence-corrected chi connectivity index (χ2v) is 7.96. The summed E-state index contributed by atoms with van der Waals surface area (Å²) in [5.41, 5.74) is 8.95. The van der Waals surface area contributed by atoms with Gasteiger partial charge in [0, 0.05) is 25.2 Å². The molecular weight excluding hydrogens is 342 g/mol. The smallest absolute Gasteiger partial charge is 0.259 e. The molecule has 2 fully saturated rings. The zero-order chi connectivity index (χ0) is 18.4. The average Bonchev–Trinajstić information content (AvgIpc) is 3.47. The molecule has 0 spiro atoms. The van der Waals surface area contributed by atoms with Crippen LogP contribution < -0.4 is 5.73 Å². The zero-order valence-electron chi connectivity index (χ0n) is 15.5. The van der Waals surface area contributed by atoms with Gasteiger partial charge in [0.1, 0.15) is 17.2 Å². The maximum Gasteiger partial charge on any atom is 0.259 e. The second-order valence-electron chi connectivity index (χ2n) is 7.96. The minimum atomic E-state index is -0.0612. The Morgan fingerprint density at radius 3 is 2.63 bits per heavy atom. The summed E-state index contributed by atoms with van der Waals surface area (Å²) in [6, 6.07) is 0.328. The number of carbonyl (C=O) groups excluding carboxylic acids is 1. The molecule has 0 unspecified atom stereocenters. The van der Waals surface area contributed by atoms with Gasteiger partial charge in [-0.2, -0.15) is 0 Å². The second kappa shape index (κ2) is 6.58. The van der Waals surface area contributed by atoms with Gasteiger partial charge in [-0.1, -0.05) is 5.21 Å². The number of aromatic nitrogens is 5. The van der Waals surface area contributed by atoms with Crippen molar-refractivity contribution >= 4 is 11.7 Å². The van der Waals surface area contributed by atoms with Crippen LogP contribution >= 0.6 is 0 Å². The van der Waals surface area contributed by atoms with E-state index in [1.54, 1.807) is 6.20 Å². The number of carbonyl (C=O) groups is 1. The van der Waals surface area contributed by atoms with Gasteiger partial charge in [-0.05, 0) is 51.4 Å². The van der Waals surface area contributed by atoms with Crippen LogP contribution in [0.15, 0.2) is 6.20 Å². The molecule has 2 aliphatic carbocycles. The summed E-state index contributed by atoms with van der Waals surface area (Å²) in [6.07, 6.45) is 10.2. The van der Waals surface area contributed by atoms with Gasteiger partial charge in [0.2, 0.25) is 0 Å². The number of fused-ring (bicyclic) bond motifs is 1. The summed E-state index contributed by atoms with van der Waals surface area (Å²) in [7, 11) is 0. The number of hydrogen-bond acceptors (Lipinski definition) is 6. The Hall–Kier alpha value is -2.51. The topological polar surface area (TPSA) is 103 Å². The van der Waals surface area contributed by atoms with E-state index in [4.69, 9.17) is 5.73 Å². The number of amides is 1. The van der Waals surface area contributed by atoms with Gasteiger partial charge in [-0.15, -0.1) is 5.10 Å². The van der Waals surface area contributed by atoms with Crippen LogP contribution in [0.4, 0.5) is 5.82 Å². The highest BCUT2D eigenvalue weighted by atomic mass is 16.2. The minimum absolute atomic E-state index is 0.0612. The standard InChI is InChI=1S/C19H25N7O/c20-17-14(11-21-18(22-17)12-5-6-12)19(27)25-9-7-13(8-10-25)26-16-4-2-1-3-15(16)23-24-26/h11-13H,1-10H2,(H2,20,21,22). The van der Waals surface area contributed by atoms with Crippen molar-refractivity contribution in [2.45, 2.75) is 63.3 Å². The molecule has 1 aliphatic heterocycles. The molecule has 0 radical (unpaired) electrons. The molecule has 0 bridgehead atoms. The molecule has 0 atom stereocenters. The van der Waals surface area contributed by atoms with Gasteiger partial charge in [0.25, 0.3) is 5.91 Å². The number of anilines is 1. The molecule has 142 valence electrons. The van der Waals surface area contributed by atoms with Crippen molar-refractivity contribution in [2.24, 2.45) is 0 Å². The van der Waals surface area contributed by atoms with Crippen molar-refractivity contribution in [1.29, 1.82) is 0 Å². The third-order valence-electron chi connectivity index (χ3n) is 6.06. The third kappa shape index (κ3) is 3.07. The van der Waals surface area contributed by atoms with Crippen LogP contribution in [-0.2, 0) is 12.8 Å². The van der Waals surface area contributed by atoms with Gasteiger partial charge >= 0.3 is 0 Å². The van der Waals surface area contributed by atoms with Crippen LogP contribution in [0, 0.1) is 0 Å². The fourth-order valence-electron chi connectivity index (χ4n) is 4.27. The van der Waals surface area contributed by atoms with Crippen molar-refractivity contribution in [2.75, 3.05) is 18.8 Å². The number of likely N-dealkylation sites (tertiary alicyclic amines) is 1. The lowest BCUT2D eigenvalue weighted by Crippen LogP contribution is -2.40. The van der Waals surface area contributed by atoms with Crippen LogP contribution in [0.1, 0.15) is 78.1 Å². The molecule has 2 aromatic heterocycles. The first-order valence-electron chi connectivity index (χ1n) is 10.1. The van der Waals surface area contributed by atoms with Gasteiger partial charge < -0.3 is 10.6 Å². The lowest BCUT2D eigenvalue weighted by Gasteiger charge is -2.33. The number of nitrogen functional groups attached to an aromatic ring is 1. The number of piperidine rings is 1. The molecule has 2 aromatic rings. The molecule has 1 saturated carbocycles. The third-order valence-corrected chi connectivity index (χ3v) is 6.06. The Balaban J connectivity index is 1.26. The first kappa shape index (κ1) is 16.6. The first-order chi connectivity index (χ1) is 13.2. The van der Waals surface area contributed by atoms with Crippen molar-refractivity contribution in [3.63, 3.8) is 0 Å².